The van der Waals surface area contributed by atoms with Gasteiger partial charge in [0.2, 0.25) is 0 Å². The summed E-state index contributed by atoms with van der Waals surface area (Å²) in [5.41, 5.74) is 7.75. The fraction of sp³-hybridized carbons (Fsp3) is 0.846. The highest BCUT2D eigenvalue weighted by Gasteiger charge is 2.17. The number of aliphatic imine (C=N–C) groups is 1. The van der Waals surface area contributed by atoms with Crippen molar-refractivity contribution in [1.29, 1.82) is 0 Å². The van der Waals surface area contributed by atoms with Crippen LogP contribution >= 0.6 is 0 Å². The molecule has 0 unspecified atom stereocenters. The lowest BCUT2D eigenvalue weighted by molar-refractivity contribution is -0.152. The Hall–Kier alpha value is -1.55. The van der Waals surface area contributed by atoms with Gasteiger partial charge in [0.05, 0.1) is 0 Å². The molecule has 0 aromatic rings. The molecule has 0 saturated carbocycles. The van der Waals surface area contributed by atoms with Crippen LogP contribution in [0.1, 0.15) is 47.5 Å². The van der Waals surface area contributed by atoms with E-state index in [0.717, 1.165) is 12.8 Å². The third kappa shape index (κ3) is 11.3. The molecule has 6 heteroatoms. The van der Waals surface area contributed by atoms with E-state index in [9.17, 15) is 4.79 Å². The first-order valence-corrected chi connectivity index (χ1v) is 6.37. The molecule has 0 aliphatic rings. The Labute approximate surface area is 114 Å². The van der Waals surface area contributed by atoms with Gasteiger partial charge in [-0.15, -0.1) is 0 Å². The zero-order valence-corrected chi connectivity index (χ0v) is 12.5. The van der Waals surface area contributed by atoms with Gasteiger partial charge in [-0.3, -0.25) is 9.79 Å². The summed E-state index contributed by atoms with van der Waals surface area (Å²) in [4.78, 5) is 18.2. The second-order valence-electron chi connectivity index (χ2n) is 6.18. The third-order valence-corrected chi connectivity index (χ3v) is 2.37. The van der Waals surface area contributed by atoms with Crippen LogP contribution in [-0.4, -0.2) is 30.9 Å². The number of carbonyl (C=O) groups is 1. The largest absolute Gasteiger partial charge is 0.459 e. The molecule has 0 atom stereocenters. The molecule has 0 amide bonds. The molecule has 0 N–H and O–H groups in total. The normalized spacial score (nSPS) is 12.3. The monoisotopic (exact) mass is 268 g/mol. The van der Waals surface area contributed by atoms with E-state index in [1.165, 1.54) is 0 Å². The molecule has 0 bridgehead atoms. The van der Waals surface area contributed by atoms with E-state index in [0.29, 0.717) is 6.54 Å². The van der Waals surface area contributed by atoms with E-state index in [-0.39, 0.29) is 17.9 Å². The second kappa shape index (κ2) is 7.79. The summed E-state index contributed by atoms with van der Waals surface area (Å²) >= 11 is 0. The Morgan fingerprint density at radius 3 is 2.47 bits per heavy atom. The van der Waals surface area contributed by atoms with E-state index in [1.807, 2.05) is 20.8 Å². The fourth-order valence-corrected chi connectivity index (χ4v) is 1.32. The minimum Gasteiger partial charge on any atom is -0.459 e. The smallest absolute Gasteiger partial charge is 0.328 e. The van der Waals surface area contributed by atoms with Crippen molar-refractivity contribution in [2.45, 2.75) is 53.1 Å². The molecule has 0 heterocycles. The average Bonchev–Trinajstić information content (AvgIpc) is 2.22. The fourth-order valence-electron chi connectivity index (χ4n) is 1.32. The first kappa shape index (κ1) is 17.4. The van der Waals surface area contributed by atoms with Gasteiger partial charge in [-0.25, -0.2) is 0 Å². The lowest BCUT2D eigenvalue weighted by atomic mass is 9.86. The van der Waals surface area contributed by atoms with Crippen LogP contribution in [-0.2, 0) is 9.53 Å². The van der Waals surface area contributed by atoms with Gasteiger partial charge in [0.1, 0.15) is 12.1 Å². The number of ether oxygens (including phenoxy) is 1. The van der Waals surface area contributed by atoms with Crippen LogP contribution in [0.25, 0.3) is 10.4 Å². The number of azide groups is 1. The van der Waals surface area contributed by atoms with Crippen molar-refractivity contribution in [3.8, 4) is 0 Å². The van der Waals surface area contributed by atoms with E-state index >= 15 is 0 Å². The van der Waals surface area contributed by atoms with Crippen molar-refractivity contribution in [3.05, 3.63) is 10.4 Å². The summed E-state index contributed by atoms with van der Waals surface area (Å²) in [5, 5.41) is 3.52. The van der Waals surface area contributed by atoms with Gasteiger partial charge < -0.3 is 4.74 Å². The predicted molar refractivity (Wildman–Crippen MR) is 76.2 cm³/mol. The molecular weight excluding hydrogens is 244 g/mol. The van der Waals surface area contributed by atoms with Crippen molar-refractivity contribution >= 4 is 12.2 Å². The molecule has 108 valence electrons. The SMILES string of the molecule is CC(C)(CC=NCC(=O)OC(C)(C)C)CCN=[N+]=[N-]. The maximum absolute atomic E-state index is 11.4. The van der Waals surface area contributed by atoms with Gasteiger partial charge in [0.25, 0.3) is 0 Å². The summed E-state index contributed by atoms with van der Waals surface area (Å²) in [7, 11) is 0. The minimum absolute atomic E-state index is 0.00558. The average molecular weight is 268 g/mol. The van der Waals surface area contributed by atoms with Crippen LogP contribution in [0, 0.1) is 5.41 Å². The molecular formula is C13H24N4O2. The zero-order valence-electron chi connectivity index (χ0n) is 12.5. The molecule has 0 aromatic carbocycles. The van der Waals surface area contributed by atoms with Crippen molar-refractivity contribution in [2.75, 3.05) is 13.1 Å². The summed E-state index contributed by atoms with van der Waals surface area (Å²) in [6, 6.07) is 0. The Kier molecular flexibility index (Phi) is 7.16. The number of rotatable bonds is 7. The quantitative estimate of drug-likeness (QED) is 0.232. The van der Waals surface area contributed by atoms with Gasteiger partial charge in [0, 0.05) is 11.5 Å². The first-order valence-electron chi connectivity index (χ1n) is 6.37. The molecule has 0 rings (SSSR count). The molecule has 6 nitrogen and oxygen atoms in total. The third-order valence-electron chi connectivity index (χ3n) is 2.37. The molecule has 0 spiro atoms. The van der Waals surface area contributed by atoms with Gasteiger partial charge in [-0.05, 0) is 50.8 Å². The number of hydrogen-bond donors (Lipinski definition) is 0. The molecule has 0 aromatic heterocycles. The van der Waals surface area contributed by atoms with Gasteiger partial charge in [-0.1, -0.05) is 19.0 Å². The van der Waals surface area contributed by atoms with Crippen LogP contribution in [0.3, 0.4) is 0 Å². The second-order valence-corrected chi connectivity index (χ2v) is 6.18. The first-order chi connectivity index (χ1) is 8.66. The molecule has 0 aliphatic carbocycles. The maximum atomic E-state index is 11.4. The Balaban J connectivity index is 4.01. The van der Waals surface area contributed by atoms with Crippen molar-refractivity contribution in [1.82, 2.24) is 0 Å². The number of carbonyl (C=O) groups excluding carboxylic acids is 1. The van der Waals surface area contributed by atoms with Gasteiger partial charge in [0.15, 0.2) is 0 Å². The summed E-state index contributed by atoms with van der Waals surface area (Å²) in [6.45, 7) is 10.1. The highest BCUT2D eigenvalue weighted by atomic mass is 16.6. The highest BCUT2D eigenvalue weighted by molar-refractivity contribution is 5.74. The number of nitrogens with zero attached hydrogens (tertiary/aromatic N) is 4. The number of esters is 1. The van der Waals surface area contributed by atoms with E-state index in [1.54, 1.807) is 6.21 Å². The van der Waals surface area contributed by atoms with Gasteiger partial charge in [-0.2, -0.15) is 0 Å². The Bertz CT molecular complexity index is 363. The van der Waals surface area contributed by atoms with Gasteiger partial charge >= 0.3 is 5.97 Å². The minimum atomic E-state index is -0.471. The van der Waals surface area contributed by atoms with E-state index in [2.05, 4.69) is 28.9 Å². The van der Waals surface area contributed by atoms with Crippen LogP contribution in [0.5, 0.6) is 0 Å². The zero-order chi connectivity index (χ0) is 14.9. The highest BCUT2D eigenvalue weighted by Crippen LogP contribution is 2.23. The van der Waals surface area contributed by atoms with E-state index in [4.69, 9.17) is 10.3 Å². The van der Waals surface area contributed by atoms with Crippen LogP contribution in [0.15, 0.2) is 10.1 Å². The molecule has 0 saturated heterocycles. The van der Waals surface area contributed by atoms with Crippen LogP contribution in [0.4, 0.5) is 0 Å². The van der Waals surface area contributed by atoms with Crippen LogP contribution in [0.2, 0.25) is 0 Å². The summed E-state index contributed by atoms with van der Waals surface area (Å²) in [6.07, 6.45) is 3.26. The van der Waals surface area contributed by atoms with Crippen molar-refractivity contribution in [3.63, 3.8) is 0 Å². The Morgan fingerprint density at radius 2 is 1.95 bits per heavy atom. The van der Waals surface area contributed by atoms with Crippen molar-refractivity contribution in [2.24, 2.45) is 15.5 Å². The number of hydrogen-bond acceptors (Lipinski definition) is 4. The maximum Gasteiger partial charge on any atom is 0.328 e. The summed E-state index contributed by atoms with van der Waals surface area (Å²) in [5.74, 6) is -0.323. The molecule has 19 heavy (non-hydrogen) atoms. The lowest BCUT2D eigenvalue weighted by Crippen LogP contribution is -2.25. The standard InChI is InChI=1S/C13H24N4O2/c1-12(2,3)19-11(18)10-15-8-6-13(4,5)7-9-16-17-14/h8H,6-7,9-10H2,1-5H3. The molecule has 0 aliphatic heterocycles. The molecule has 0 radical (unpaired) electrons. The van der Waals surface area contributed by atoms with Crippen LogP contribution < -0.4 is 0 Å². The topological polar surface area (TPSA) is 87.4 Å². The predicted octanol–water partition coefficient (Wildman–Crippen LogP) is 3.52. The molecule has 0 fully saturated rings. The summed E-state index contributed by atoms with van der Waals surface area (Å²) < 4.78 is 5.14. The Morgan fingerprint density at radius 1 is 1.32 bits per heavy atom. The van der Waals surface area contributed by atoms with E-state index < -0.39 is 5.60 Å². The van der Waals surface area contributed by atoms with Crippen molar-refractivity contribution < 1.29 is 9.53 Å². The lowest BCUT2D eigenvalue weighted by Gasteiger charge is -2.21.